The summed E-state index contributed by atoms with van der Waals surface area (Å²) < 4.78 is 0. The first kappa shape index (κ1) is 13.1. The van der Waals surface area contributed by atoms with Crippen molar-refractivity contribution >= 4 is 23.3 Å². The van der Waals surface area contributed by atoms with Gasteiger partial charge in [-0.3, -0.25) is 0 Å². The van der Waals surface area contributed by atoms with Crippen molar-refractivity contribution < 1.29 is 0 Å². The van der Waals surface area contributed by atoms with Gasteiger partial charge >= 0.3 is 0 Å². The van der Waals surface area contributed by atoms with E-state index >= 15 is 0 Å². The molecule has 100 valence electrons. The topological polar surface area (TPSA) is 93.1 Å². The van der Waals surface area contributed by atoms with E-state index in [0.29, 0.717) is 11.6 Å². The lowest BCUT2D eigenvalue weighted by atomic mass is 10.2. The molecule has 0 atom stereocenters. The van der Waals surface area contributed by atoms with E-state index in [1.165, 1.54) is 5.56 Å². The molecule has 5 N–H and O–H groups in total. The summed E-state index contributed by atoms with van der Waals surface area (Å²) in [5, 5.41) is 0. The van der Waals surface area contributed by atoms with Crippen molar-refractivity contribution in [2.75, 3.05) is 22.6 Å². The molecule has 2 rings (SSSR count). The zero-order valence-corrected chi connectivity index (χ0v) is 11.1. The second-order valence-electron chi connectivity index (χ2n) is 4.20. The van der Waals surface area contributed by atoms with E-state index in [1.54, 1.807) is 6.07 Å². The van der Waals surface area contributed by atoms with Crippen LogP contribution in [0.3, 0.4) is 0 Å². The van der Waals surface area contributed by atoms with Crippen molar-refractivity contribution in [2.24, 2.45) is 5.84 Å². The number of anilines is 4. The second kappa shape index (κ2) is 5.53. The first-order chi connectivity index (χ1) is 9.13. The molecule has 1 aromatic heterocycles. The van der Waals surface area contributed by atoms with Gasteiger partial charge in [0.15, 0.2) is 0 Å². The molecule has 6 heteroatoms. The van der Waals surface area contributed by atoms with Gasteiger partial charge in [-0.25, -0.2) is 5.84 Å². The molecule has 0 spiro atoms. The van der Waals surface area contributed by atoms with E-state index in [1.807, 2.05) is 17.0 Å². The minimum atomic E-state index is 0.191. The van der Waals surface area contributed by atoms with Crippen LogP contribution in [-0.2, 0) is 0 Å². The van der Waals surface area contributed by atoms with Crippen molar-refractivity contribution in [2.45, 2.75) is 13.8 Å². The van der Waals surface area contributed by atoms with Crippen molar-refractivity contribution in [3.05, 3.63) is 35.9 Å². The van der Waals surface area contributed by atoms with Gasteiger partial charge in [-0.2, -0.15) is 9.97 Å². The van der Waals surface area contributed by atoms with E-state index in [4.69, 9.17) is 11.6 Å². The Morgan fingerprint density at radius 2 is 2.05 bits per heavy atom. The van der Waals surface area contributed by atoms with Crippen molar-refractivity contribution in [3.63, 3.8) is 0 Å². The van der Waals surface area contributed by atoms with Crippen LogP contribution in [0.1, 0.15) is 12.5 Å². The molecule has 0 saturated carbocycles. The van der Waals surface area contributed by atoms with Gasteiger partial charge < -0.3 is 16.1 Å². The fourth-order valence-corrected chi connectivity index (χ4v) is 1.94. The number of hydrazine groups is 1. The van der Waals surface area contributed by atoms with Crippen molar-refractivity contribution in [3.8, 4) is 0 Å². The molecule has 0 radical (unpaired) electrons. The highest BCUT2D eigenvalue weighted by molar-refractivity contribution is 5.64. The predicted molar refractivity (Wildman–Crippen MR) is 78.1 cm³/mol. The fraction of sp³-hybridized carbons (Fsp3) is 0.231. The summed E-state index contributed by atoms with van der Waals surface area (Å²) in [6, 6.07) is 9.96. The van der Waals surface area contributed by atoms with Gasteiger partial charge in [-0.1, -0.05) is 12.1 Å². The number of nitrogens with two attached hydrogens (primary N) is 2. The normalized spacial score (nSPS) is 10.3. The fourth-order valence-electron chi connectivity index (χ4n) is 1.94. The Kier molecular flexibility index (Phi) is 3.82. The Hall–Kier alpha value is -2.34. The largest absolute Gasteiger partial charge is 0.368 e. The van der Waals surface area contributed by atoms with Crippen LogP contribution in [0.5, 0.6) is 0 Å². The van der Waals surface area contributed by atoms with Crippen LogP contribution in [0.15, 0.2) is 30.3 Å². The smallest absolute Gasteiger partial charge is 0.224 e. The summed E-state index contributed by atoms with van der Waals surface area (Å²) in [6.45, 7) is 4.87. The average Bonchev–Trinajstić information content (AvgIpc) is 2.39. The van der Waals surface area contributed by atoms with Crippen LogP contribution in [0.4, 0.5) is 23.3 Å². The third kappa shape index (κ3) is 2.92. The molecule has 1 heterocycles. The molecule has 0 saturated heterocycles. The molecule has 6 nitrogen and oxygen atoms in total. The highest BCUT2D eigenvalue weighted by Crippen LogP contribution is 2.25. The Labute approximate surface area is 112 Å². The number of rotatable bonds is 4. The highest BCUT2D eigenvalue weighted by Gasteiger charge is 2.11. The van der Waals surface area contributed by atoms with Crippen LogP contribution in [0, 0.1) is 6.92 Å². The van der Waals surface area contributed by atoms with Crippen LogP contribution in [0.25, 0.3) is 0 Å². The molecule has 19 heavy (non-hydrogen) atoms. The van der Waals surface area contributed by atoms with Gasteiger partial charge in [0.25, 0.3) is 0 Å². The lowest BCUT2D eigenvalue weighted by Crippen LogP contribution is -2.19. The van der Waals surface area contributed by atoms with E-state index in [9.17, 15) is 0 Å². The molecule has 0 unspecified atom stereocenters. The quantitative estimate of drug-likeness (QED) is 0.572. The molecular formula is C13H18N6. The van der Waals surface area contributed by atoms with Crippen LogP contribution in [-0.4, -0.2) is 16.5 Å². The third-order valence-corrected chi connectivity index (χ3v) is 2.78. The molecular weight excluding hydrogens is 240 g/mol. The first-order valence-electron chi connectivity index (χ1n) is 6.09. The number of aromatic nitrogens is 2. The molecule has 0 bridgehead atoms. The second-order valence-corrected chi connectivity index (χ2v) is 4.20. The monoisotopic (exact) mass is 258 g/mol. The van der Waals surface area contributed by atoms with Gasteiger partial charge in [0, 0.05) is 18.3 Å². The number of nitrogen functional groups attached to an aromatic ring is 2. The molecule has 0 amide bonds. The van der Waals surface area contributed by atoms with Gasteiger partial charge in [0.2, 0.25) is 5.95 Å². The lowest BCUT2D eigenvalue weighted by molar-refractivity contribution is 0.978. The van der Waals surface area contributed by atoms with E-state index in [0.717, 1.165) is 12.2 Å². The minimum Gasteiger partial charge on any atom is -0.368 e. The maximum Gasteiger partial charge on any atom is 0.224 e. The summed E-state index contributed by atoms with van der Waals surface area (Å²) in [6.07, 6.45) is 0. The van der Waals surface area contributed by atoms with Crippen molar-refractivity contribution in [1.82, 2.24) is 9.97 Å². The third-order valence-electron chi connectivity index (χ3n) is 2.78. The zero-order valence-electron chi connectivity index (χ0n) is 11.1. The Bertz CT molecular complexity index is 569. The molecule has 1 aromatic carbocycles. The summed E-state index contributed by atoms with van der Waals surface area (Å²) in [5.41, 5.74) is 10.4. The number of hydrogen-bond donors (Lipinski definition) is 3. The molecule has 0 aliphatic rings. The Morgan fingerprint density at radius 1 is 1.26 bits per heavy atom. The summed E-state index contributed by atoms with van der Waals surface area (Å²) >= 11 is 0. The van der Waals surface area contributed by atoms with E-state index < -0.39 is 0 Å². The molecule has 0 aliphatic carbocycles. The highest BCUT2D eigenvalue weighted by atomic mass is 15.3. The first-order valence-corrected chi connectivity index (χ1v) is 6.09. The zero-order chi connectivity index (χ0) is 13.8. The van der Waals surface area contributed by atoms with Gasteiger partial charge in [-0.05, 0) is 31.5 Å². The van der Waals surface area contributed by atoms with Crippen molar-refractivity contribution in [1.29, 1.82) is 0 Å². The van der Waals surface area contributed by atoms with Gasteiger partial charge in [0.1, 0.15) is 11.6 Å². The van der Waals surface area contributed by atoms with Crippen LogP contribution < -0.4 is 21.9 Å². The summed E-state index contributed by atoms with van der Waals surface area (Å²) in [5.74, 6) is 6.78. The van der Waals surface area contributed by atoms with Crippen LogP contribution >= 0.6 is 0 Å². The standard InChI is InChI=1S/C13H18N6/c1-3-19(10-6-4-5-9(2)7-10)12-8-11(18-15)16-13(14)17-12/h4-8H,3,15H2,1-2H3,(H3,14,16,17,18). The number of hydrogen-bond acceptors (Lipinski definition) is 6. The number of aryl methyl sites for hydroxylation is 1. The van der Waals surface area contributed by atoms with E-state index in [-0.39, 0.29) is 5.95 Å². The minimum absolute atomic E-state index is 0.191. The lowest BCUT2D eigenvalue weighted by Gasteiger charge is -2.23. The Morgan fingerprint density at radius 3 is 2.68 bits per heavy atom. The SMILES string of the molecule is CCN(c1cccc(C)c1)c1cc(NN)nc(N)n1. The van der Waals surface area contributed by atoms with Gasteiger partial charge in [-0.15, -0.1) is 0 Å². The van der Waals surface area contributed by atoms with Gasteiger partial charge in [0.05, 0.1) is 0 Å². The summed E-state index contributed by atoms with van der Waals surface area (Å²) in [7, 11) is 0. The Balaban J connectivity index is 2.44. The molecule has 2 aromatic rings. The number of nitrogens with zero attached hydrogens (tertiary/aromatic N) is 3. The van der Waals surface area contributed by atoms with Crippen LogP contribution in [0.2, 0.25) is 0 Å². The predicted octanol–water partition coefficient (Wildman–Crippen LogP) is 1.81. The maximum atomic E-state index is 5.69. The number of benzene rings is 1. The molecule has 0 fully saturated rings. The average molecular weight is 258 g/mol. The van der Waals surface area contributed by atoms with E-state index in [2.05, 4.69) is 41.4 Å². The molecule has 0 aliphatic heterocycles. The summed E-state index contributed by atoms with van der Waals surface area (Å²) in [4.78, 5) is 10.3. The number of nitrogens with one attached hydrogen (secondary N) is 1. The maximum absolute atomic E-state index is 5.69.